The molecule has 0 saturated heterocycles. The molecule has 0 aliphatic heterocycles. The minimum absolute atomic E-state index is 0.359. The van der Waals surface area contributed by atoms with Crippen LogP contribution in [0.1, 0.15) is 39.2 Å². The molecule has 4 heteroatoms. The summed E-state index contributed by atoms with van der Waals surface area (Å²) in [6.45, 7) is 7.82. The van der Waals surface area contributed by atoms with E-state index < -0.39 is 12.0 Å². The van der Waals surface area contributed by atoms with Crippen LogP contribution in [0, 0.1) is 0 Å². The number of carbonyl (C=O) groups is 2. The van der Waals surface area contributed by atoms with Crippen LogP contribution in [-0.4, -0.2) is 29.4 Å². The van der Waals surface area contributed by atoms with Crippen LogP contribution in [0.5, 0.6) is 0 Å². The Morgan fingerprint density at radius 2 is 1.74 bits per heavy atom. The van der Waals surface area contributed by atoms with E-state index in [0.29, 0.717) is 12.5 Å². The van der Waals surface area contributed by atoms with Gasteiger partial charge in [0.15, 0.2) is 11.8 Å². The quantitative estimate of drug-likeness (QED) is 0.802. The van der Waals surface area contributed by atoms with Gasteiger partial charge in [-0.05, 0) is 37.5 Å². The Morgan fingerprint density at radius 1 is 1.21 bits per heavy atom. The number of nitrogens with zero attached hydrogens (tertiary/aromatic N) is 1. The fraction of sp³-hybridized carbons (Fsp3) is 0.467. The number of anilines is 1. The number of carbonyl (C=O) groups excluding carboxylic acids is 1. The van der Waals surface area contributed by atoms with Crippen molar-refractivity contribution in [3.05, 3.63) is 29.8 Å². The molecule has 0 aromatic heterocycles. The van der Waals surface area contributed by atoms with Gasteiger partial charge in [0.05, 0.1) is 0 Å². The van der Waals surface area contributed by atoms with Gasteiger partial charge < -0.3 is 10.0 Å². The molecule has 0 amide bonds. The summed E-state index contributed by atoms with van der Waals surface area (Å²) >= 11 is 0. The number of hydrogen-bond acceptors (Lipinski definition) is 3. The molecule has 0 heterocycles. The van der Waals surface area contributed by atoms with E-state index >= 15 is 0 Å². The summed E-state index contributed by atoms with van der Waals surface area (Å²) in [5.74, 6) is -1.04. The minimum Gasteiger partial charge on any atom is -0.479 e. The highest BCUT2D eigenvalue weighted by Crippen LogP contribution is 2.22. The summed E-state index contributed by atoms with van der Waals surface area (Å²) in [7, 11) is 0. The molecular weight excluding hydrogens is 242 g/mol. The van der Waals surface area contributed by atoms with E-state index in [-0.39, 0.29) is 5.78 Å². The molecule has 1 N–H and O–H groups in total. The Bertz CT molecular complexity index is 437. The lowest BCUT2D eigenvalue weighted by molar-refractivity contribution is -0.141. The zero-order valence-corrected chi connectivity index (χ0v) is 11.9. The summed E-state index contributed by atoms with van der Waals surface area (Å²) in [5.41, 5.74) is 1.95. The summed E-state index contributed by atoms with van der Waals surface area (Å²) in [5, 5.41) is 9.19. The zero-order valence-electron chi connectivity index (χ0n) is 11.9. The number of carboxylic acid groups (broad SMARTS) is 1. The van der Waals surface area contributed by atoms with Crippen molar-refractivity contribution < 1.29 is 14.7 Å². The second kappa shape index (κ2) is 6.36. The maximum absolute atomic E-state index is 11.5. The van der Waals surface area contributed by atoms with Crippen LogP contribution < -0.4 is 4.90 Å². The maximum atomic E-state index is 11.5. The van der Waals surface area contributed by atoms with E-state index in [1.807, 2.05) is 31.2 Å². The fourth-order valence-electron chi connectivity index (χ4n) is 2.09. The molecule has 1 unspecified atom stereocenters. The number of aliphatic carboxylic acids is 1. The lowest BCUT2D eigenvalue weighted by atomic mass is 10.0. The van der Waals surface area contributed by atoms with E-state index in [1.165, 1.54) is 12.5 Å². The summed E-state index contributed by atoms with van der Waals surface area (Å²) in [6.07, 6.45) is 0. The van der Waals surface area contributed by atoms with Gasteiger partial charge in [0.25, 0.3) is 0 Å². The molecule has 104 valence electrons. The Kier molecular flexibility index (Phi) is 5.10. The van der Waals surface area contributed by atoms with Gasteiger partial charge in [-0.25, -0.2) is 4.79 Å². The van der Waals surface area contributed by atoms with Crippen LogP contribution in [0.3, 0.4) is 0 Å². The number of carboxylic acids is 1. The number of rotatable bonds is 6. The molecule has 4 nitrogen and oxygen atoms in total. The van der Waals surface area contributed by atoms with Gasteiger partial charge in [0.1, 0.15) is 0 Å². The van der Waals surface area contributed by atoms with E-state index in [9.17, 15) is 14.7 Å². The van der Waals surface area contributed by atoms with E-state index in [2.05, 4.69) is 13.8 Å². The topological polar surface area (TPSA) is 57.6 Å². The third-order valence-electron chi connectivity index (χ3n) is 3.16. The van der Waals surface area contributed by atoms with E-state index in [1.54, 1.807) is 4.90 Å². The molecular formula is C15H21NO3. The van der Waals surface area contributed by atoms with Crippen molar-refractivity contribution in [2.45, 2.75) is 39.7 Å². The predicted molar refractivity (Wildman–Crippen MR) is 75.7 cm³/mol. The van der Waals surface area contributed by atoms with Gasteiger partial charge in [-0.1, -0.05) is 26.0 Å². The highest BCUT2D eigenvalue weighted by Gasteiger charge is 2.29. The predicted octanol–water partition coefficient (Wildman–Crippen LogP) is 2.68. The summed E-state index contributed by atoms with van der Waals surface area (Å²) in [4.78, 5) is 24.3. The molecule has 0 spiro atoms. The monoisotopic (exact) mass is 263 g/mol. The van der Waals surface area contributed by atoms with Crippen molar-refractivity contribution >= 4 is 17.4 Å². The third-order valence-corrected chi connectivity index (χ3v) is 3.16. The normalized spacial score (nSPS) is 12.3. The average molecular weight is 263 g/mol. The number of benzene rings is 1. The molecule has 1 aromatic rings. The van der Waals surface area contributed by atoms with E-state index in [4.69, 9.17) is 0 Å². The highest BCUT2D eigenvalue weighted by atomic mass is 16.4. The first-order valence-electron chi connectivity index (χ1n) is 6.48. The maximum Gasteiger partial charge on any atom is 0.334 e. The van der Waals surface area contributed by atoms with Gasteiger partial charge in [0.2, 0.25) is 0 Å². The van der Waals surface area contributed by atoms with Crippen LogP contribution in [0.15, 0.2) is 24.3 Å². The number of hydrogen-bond donors (Lipinski definition) is 1. The van der Waals surface area contributed by atoms with Crippen molar-refractivity contribution in [1.82, 2.24) is 0 Å². The van der Waals surface area contributed by atoms with Gasteiger partial charge in [-0.2, -0.15) is 0 Å². The van der Waals surface area contributed by atoms with E-state index in [0.717, 1.165) is 5.69 Å². The van der Waals surface area contributed by atoms with Crippen LogP contribution >= 0.6 is 0 Å². The molecule has 1 rings (SSSR count). The summed E-state index contributed by atoms with van der Waals surface area (Å²) in [6, 6.07) is 6.58. The minimum atomic E-state index is -1.12. The van der Waals surface area contributed by atoms with Crippen LogP contribution in [0.2, 0.25) is 0 Å². The van der Waals surface area contributed by atoms with Crippen LogP contribution in [0.4, 0.5) is 5.69 Å². The molecule has 0 radical (unpaired) electrons. The number of ketones is 1. The Labute approximate surface area is 114 Å². The smallest absolute Gasteiger partial charge is 0.334 e. The Hall–Kier alpha value is -1.84. The third kappa shape index (κ3) is 3.56. The first kappa shape index (κ1) is 15.2. The molecule has 0 fully saturated rings. The Morgan fingerprint density at radius 3 is 2.05 bits per heavy atom. The standard InChI is InChI=1S/C15H21NO3/c1-5-16(14(11(4)17)15(18)19)13-8-6-12(7-9-13)10(2)3/h6-10,14H,5H2,1-4H3,(H,18,19). The van der Waals surface area contributed by atoms with Gasteiger partial charge in [-0.3, -0.25) is 4.79 Å². The van der Waals surface area contributed by atoms with Crippen molar-refractivity contribution in [2.75, 3.05) is 11.4 Å². The van der Waals surface area contributed by atoms with Crippen molar-refractivity contribution in [2.24, 2.45) is 0 Å². The van der Waals surface area contributed by atoms with Gasteiger partial charge in [0, 0.05) is 12.2 Å². The molecule has 0 aliphatic carbocycles. The Balaban J connectivity index is 3.08. The number of likely N-dealkylation sites (N-methyl/N-ethyl adjacent to an activating group) is 1. The molecule has 19 heavy (non-hydrogen) atoms. The first-order valence-corrected chi connectivity index (χ1v) is 6.48. The lowest BCUT2D eigenvalue weighted by Crippen LogP contribution is -2.46. The van der Waals surface area contributed by atoms with Crippen LogP contribution in [0.25, 0.3) is 0 Å². The SMILES string of the molecule is CCN(c1ccc(C(C)C)cc1)C(C(C)=O)C(=O)O. The van der Waals surface area contributed by atoms with Crippen molar-refractivity contribution in [3.8, 4) is 0 Å². The highest BCUT2D eigenvalue weighted by molar-refractivity contribution is 6.04. The molecule has 0 saturated carbocycles. The molecule has 1 aromatic carbocycles. The molecule has 1 atom stereocenters. The molecule has 0 aliphatic rings. The number of Topliss-reactive ketones (excluding diaryl/α,β-unsaturated/α-hetero) is 1. The van der Waals surface area contributed by atoms with Crippen molar-refractivity contribution in [1.29, 1.82) is 0 Å². The van der Waals surface area contributed by atoms with Crippen LogP contribution in [-0.2, 0) is 9.59 Å². The lowest BCUT2D eigenvalue weighted by Gasteiger charge is -2.28. The summed E-state index contributed by atoms with van der Waals surface area (Å²) < 4.78 is 0. The van der Waals surface area contributed by atoms with Crippen molar-refractivity contribution in [3.63, 3.8) is 0 Å². The zero-order chi connectivity index (χ0) is 14.6. The fourth-order valence-corrected chi connectivity index (χ4v) is 2.09. The molecule has 0 bridgehead atoms. The average Bonchev–Trinajstić information content (AvgIpc) is 2.34. The van der Waals surface area contributed by atoms with Gasteiger partial charge >= 0.3 is 5.97 Å². The second-order valence-electron chi connectivity index (χ2n) is 4.88. The second-order valence-corrected chi connectivity index (χ2v) is 4.88. The van der Waals surface area contributed by atoms with Gasteiger partial charge in [-0.15, -0.1) is 0 Å². The first-order chi connectivity index (χ1) is 8.88. The largest absolute Gasteiger partial charge is 0.479 e.